The van der Waals surface area contributed by atoms with Gasteiger partial charge in [-0.2, -0.15) is 5.10 Å². The average molecular weight is 288 g/mol. The van der Waals surface area contributed by atoms with Crippen LogP contribution in [0.2, 0.25) is 0 Å². The third-order valence-corrected chi connectivity index (χ3v) is 2.92. The van der Waals surface area contributed by atoms with Gasteiger partial charge in [0.05, 0.1) is 26.0 Å². The molecule has 0 unspecified atom stereocenters. The number of hydrogen-bond acceptors (Lipinski definition) is 5. The summed E-state index contributed by atoms with van der Waals surface area (Å²) in [6.45, 7) is 0. The van der Waals surface area contributed by atoms with Gasteiger partial charge in [-0.25, -0.2) is 0 Å². The van der Waals surface area contributed by atoms with Gasteiger partial charge in [0, 0.05) is 13.2 Å². The Kier molecular flexibility index (Phi) is 4.27. The molecule has 1 heterocycles. The van der Waals surface area contributed by atoms with Crippen LogP contribution in [0.5, 0.6) is 17.2 Å². The first kappa shape index (κ1) is 14.6. The number of hydrogen-bond donors (Lipinski definition) is 1. The van der Waals surface area contributed by atoms with Crippen molar-refractivity contribution in [3.05, 3.63) is 41.7 Å². The number of rotatable bonds is 5. The largest absolute Gasteiger partial charge is 0.502 e. The van der Waals surface area contributed by atoms with Crippen molar-refractivity contribution in [2.45, 2.75) is 0 Å². The predicted octanol–water partition coefficient (Wildman–Crippen LogP) is 2.04. The molecule has 0 atom stereocenters. The third kappa shape index (κ3) is 3.22. The molecule has 0 aliphatic carbocycles. The molecule has 2 rings (SSSR count). The van der Waals surface area contributed by atoms with E-state index in [4.69, 9.17) is 9.47 Å². The third-order valence-electron chi connectivity index (χ3n) is 2.92. The van der Waals surface area contributed by atoms with Crippen LogP contribution in [-0.2, 0) is 7.05 Å². The Labute approximate surface area is 122 Å². The number of aromatic hydroxyl groups is 1. The second-order valence-corrected chi connectivity index (χ2v) is 4.37. The van der Waals surface area contributed by atoms with E-state index in [0.717, 1.165) is 0 Å². The minimum atomic E-state index is -0.158. The first-order chi connectivity index (χ1) is 10.0. The predicted molar refractivity (Wildman–Crippen MR) is 77.8 cm³/mol. The Morgan fingerprint density at radius 2 is 1.90 bits per heavy atom. The van der Waals surface area contributed by atoms with Crippen LogP contribution in [-0.4, -0.2) is 34.9 Å². The minimum absolute atomic E-state index is 0.0734. The van der Waals surface area contributed by atoms with E-state index in [1.54, 1.807) is 36.1 Å². The molecule has 0 aliphatic heterocycles. The van der Waals surface area contributed by atoms with Crippen molar-refractivity contribution in [1.82, 2.24) is 9.78 Å². The van der Waals surface area contributed by atoms with Crippen molar-refractivity contribution in [2.24, 2.45) is 7.05 Å². The second-order valence-electron chi connectivity index (χ2n) is 4.37. The molecule has 21 heavy (non-hydrogen) atoms. The zero-order valence-corrected chi connectivity index (χ0v) is 12.0. The van der Waals surface area contributed by atoms with Crippen molar-refractivity contribution >= 4 is 11.9 Å². The van der Waals surface area contributed by atoms with Crippen LogP contribution < -0.4 is 9.47 Å². The number of carbonyl (C=O) groups excluding carboxylic acids is 1. The normalized spacial score (nSPS) is 10.8. The molecule has 0 aliphatic rings. The summed E-state index contributed by atoms with van der Waals surface area (Å²) in [6, 6.07) is 3.23. The Morgan fingerprint density at radius 1 is 1.29 bits per heavy atom. The molecular weight excluding hydrogens is 272 g/mol. The van der Waals surface area contributed by atoms with Crippen LogP contribution in [0.25, 0.3) is 6.08 Å². The van der Waals surface area contributed by atoms with Crippen LogP contribution in [0.15, 0.2) is 30.6 Å². The van der Waals surface area contributed by atoms with Gasteiger partial charge in [0.1, 0.15) is 0 Å². The van der Waals surface area contributed by atoms with E-state index in [9.17, 15) is 9.90 Å². The highest BCUT2D eigenvalue weighted by Crippen LogP contribution is 2.37. The molecule has 0 saturated heterocycles. The summed E-state index contributed by atoms with van der Waals surface area (Å²) in [7, 11) is 4.64. The number of phenols is 1. The second kappa shape index (κ2) is 6.13. The van der Waals surface area contributed by atoms with E-state index < -0.39 is 0 Å². The van der Waals surface area contributed by atoms with Crippen LogP contribution in [0, 0.1) is 0 Å². The summed E-state index contributed by atoms with van der Waals surface area (Å²) in [5, 5.41) is 13.8. The van der Waals surface area contributed by atoms with Crippen LogP contribution >= 0.6 is 0 Å². The van der Waals surface area contributed by atoms with Crippen molar-refractivity contribution < 1.29 is 19.4 Å². The molecule has 0 saturated carbocycles. The highest BCUT2D eigenvalue weighted by molar-refractivity contribution is 6.06. The summed E-state index contributed by atoms with van der Waals surface area (Å²) in [4.78, 5) is 12.0. The molecule has 6 nitrogen and oxygen atoms in total. The van der Waals surface area contributed by atoms with Gasteiger partial charge < -0.3 is 14.6 Å². The first-order valence-electron chi connectivity index (χ1n) is 6.21. The Balaban J connectivity index is 2.26. The molecule has 2 aromatic rings. The SMILES string of the molecule is COc1cc(/C=C\C(=O)c2cnn(C)c2)cc(OC)c1O. The highest BCUT2D eigenvalue weighted by atomic mass is 16.5. The summed E-state index contributed by atoms with van der Waals surface area (Å²) in [6.07, 6.45) is 6.21. The van der Waals surface area contributed by atoms with Gasteiger partial charge in [0.15, 0.2) is 17.3 Å². The average Bonchev–Trinajstić information content (AvgIpc) is 2.92. The minimum Gasteiger partial charge on any atom is -0.502 e. The number of aryl methyl sites for hydroxylation is 1. The zero-order valence-electron chi connectivity index (χ0n) is 12.0. The lowest BCUT2D eigenvalue weighted by atomic mass is 10.1. The van der Waals surface area contributed by atoms with E-state index in [2.05, 4.69) is 5.10 Å². The topological polar surface area (TPSA) is 73.6 Å². The zero-order chi connectivity index (χ0) is 15.4. The maximum atomic E-state index is 12.0. The van der Waals surface area contributed by atoms with E-state index >= 15 is 0 Å². The number of nitrogens with zero attached hydrogens (tertiary/aromatic N) is 2. The number of phenolic OH excluding ortho intramolecular Hbond substituents is 1. The van der Waals surface area contributed by atoms with Gasteiger partial charge >= 0.3 is 0 Å². The van der Waals surface area contributed by atoms with Crippen molar-refractivity contribution in [2.75, 3.05) is 14.2 Å². The van der Waals surface area contributed by atoms with Gasteiger partial charge in [0.2, 0.25) is 5.75 Å². The number of aromatic nitrogens is 2. The van der Waals surface area contributed by atoms with Gasteiger partial charge in [-0.05, 0) is 23.8 Å². The van der Waals surface area contributed by atoms with Crippen LogP contribution in [0.4, 0.5) is 0 Å². The quantitative estimate of drug-likeness (QED) is 0.673. The van der Waals surface area contributed by atoms with Crippen molar-refractivity contribution in [3.8, 4) is 17.2 Å². The smallest absolute Gasteiger partial charge is 0.200 e. The number of benzene rings is 1. The summed E-state index contributed by atoms with van der Waals surface area (Å²) < 4.78 is 11.7. The maximum absolute atomic E-state index is 12.0. The van der Waals surface area contributed by atoms with Crippen molar-refractivity contribution in [3.63, 3.8) is 0 Å². The fourth-order valence-electron chi connectivity index (χ4n) is 1.83. The molecule has 1 aromatic carbocycles. The van der Waals surface area contributed by atoms with E-state index in [0.29, 0.717) is 11.1 Å². The molecule has 1 N–H and O–H groups in total. The standard InChI is InChI=1S/C15H16N2O4/c1-17-9-11(8-16-17)12(18)5-4-10-6-13(20-2)15(19)14(7-10)21-3/h4-9,19H,1-3H3/b5-4-. The molecule has 6 heteroatoms. The van der Waals surface area contributed by atoms with Crippen molar-refractivity contribution in [1.29, 1.82) is 0 Å². The molecule has 1 aromatic heterocycles. The van der Waals surface area contributed by atoms with E-state index in [1.165, 1.54) is 26.5 Å². The molecule has 0 spiro atoms. The molecule has 0 amide bonds. The summed E-state index contributed by atoms with van der Waals surface area (Å²) in [5.74, 6) is 0.329. The fraction of sp³-hybridized carbons (Fsp3) is 0.200. The first-order valence-corrected chi connectivity index (χ1v) is 6.21. The number of carbonyl (C=O) groups is 1. The summed E-state index contributed by atoms with van der Waals surface area (Å²) in [5.41, 5.74) is 1.19. The van der Waals surface area contributed by atoms with Crippen LogP contribution in [0.1, 0.15) is 15.9 Å². The van der Waals surface area contributed by atoms with Crippen LogP contribution in [0.3, 0.4) is 0 Å². The number of methoxy groups -OCH3 is 2. The molecule has 0 radical (unpaired) electrons. The Morgan fingerprint density at radius 3 is 2.38 bits per heavy atom. The van der Waals surface area contributed by atoms with Gasteiger partial charge in [-0.1, -0.05) is 6.08 Å². The molecule has 110 valence electrons. The highest BCUT2D eigenvalue weighted by Gasteiger charge is 2.10. The number of ketones is 1. The maximum Gasteiger partial charge on any atom is 0.200 e. The van der Waals surface area contributed by atoms with Gasteiger partial charge in [-0.3, -0.25) is 9.48 Å². The lowest BCUT2D eigenvalue weighted by Gasteiger charge is -2.09. The fourth-order valence-corrected chi connectivity index (χ4v) is 1.83. The molecule has 0 fully saturated rings. The van der Waals surface area contributed by atoms with E-state index in [-0.39, 0.29) is 23.0 Å². The summed E-state index contributed by atoms with van der Waals surface area (Å²) >= 11 is 0. The van der Waals surface area contributed by atoms with Gasteiger partial charge in [0.25, 0.3) is 0 Å². The number of ether oxygens (including phenoxy) is 2. The Hall–Kier alpha value is -2.76. The lowest BCUT2D eigenvalue weighted by Crippen LogP contribution is -1.93. The molecular formula is C15H16N2O4. The Bertz CT molecular complexity index is 664. The monoisotopic (exact) mass is 288 g/mol. The van der Waals surface area contributed by atoms with E-state index in [1.807, 2.05) is 0 Å². The molecule has 0 bridgehead atoms. The number of allylic oxidation sites excluding steroid dienone is 1. The van der Waals surface area contributed by atoms with Gasteiger partial charge in [-0.15, -0.1) is 0 Å². The lowest BCUT2D eigenvalue weighted by molar-refractivity contribution is 0.104.